The van der Waals surface area contributed by atoms with Crippen LogP contribution in [0, 0.1) is 0 Å². The van der Waals surface area contributed by atoms with Crippen LogP contribution in [0.3, 0.4) is 0 Å². The third-order valence-corrected chi connectivity index (χ3v) is 3.46. The van der Waals surface area contributed by atoms with Gasteiger partial charge >= 0.3 is 0 Å². The third kappa shape index (κ3) is 4.87. The van der Waals surface area contributed by atoms with Crippen LogP contribution in [-0.2, 0) is 17.8 Å². The Morgan fingerprint density at radius 3 is 2.71 bits per heavy atom. The van der Waals surface area contributed by atoms with Crippen LogP contribution in [0.4, 0.5) is 0 Å². The Morgan fingerprint density at radius 2 is 2.00 bits per heavy atom. The van der Waals surface area contributed by atoms with E-state index in [9.17, 15) is 0 Å². The average Bonchev–Trinajstić information content (AvgIpc) is 2.81. The second kappa shape index (κ2) is 7.10. The Morgan fingerprint density at radius 1 is 1.19 bits per heavy atom. The monoisotopic (exact) mass is 288 g/mol. The fourth-order valence-corrected chi connectivity index (χ4v) is 2.39. The van der Waals surface area contributed by atoms with E-state index < -0.39 is 0 Å². The number of ether oxygens (including phenoxy) is 1. The van der Waals surface area contributed by atoms with Gasteiger partial charge in [0.2, 0.25) is 0 Å². The summed E-state index contributed by atoms with van der Waals surface area (Å²) in [7, 11) is 0. The molecule has 21 heavy (non-hydrogen) atoms. The van der Waals surface area contributed by atoms with Crippen LogP contribution in [0.25, 0.3) is 10.9 Å². The standard InChI is InChI=1S/C18H28N2O/c1-5-9-19-14-15-6-7-16-8-10-20(17(16)13-15)11-12-21-18(2,3)4/h6-8,10,13,19H,5,9,11-12,14H2,1-4H3. The van der Waals surface area contributed by atoms with Gasteiger partial charge in [-0.3, -0.25) is 0 Å². The molecule has 0 amide bonds. The lowest BCUT2D eigenvalue weighted by atomic mass is 10.1. The van der Waals surface area contributed by atoms with Crippen molar-refractivity contribution in [2.75, 3.05) is 13.2 Å². The summed E-state index contributed by atoms with van der Waals surface area (Å²) >= 11 is 0. The van der Waals surface area contributed by atoms with Crippen molar-refractivity contribution in [3.8, 4) is 0 Å². The number of aromatic nitrogens is 1. The minimum absolute atomic E-state index is 0.0712. The number of rotatable bonds is 7. The van der Waals surface area contributed by atoms with Crippen LogP contribution in [-0.4, -0.2) is 23.3 Å². The van der Waals surface area contributed by atoms with Crippen molar-refractivity contribution in [1.82, 2.24) is 9.88 Å². The molecule has 0 aliphatic rings. The van der Waals surface area contributed by atoms with Crippen molar-refractivity contribution in [3.05, 3.63) is 36.0 Å². The highest BCUT2D eigenvalue weighted by atomic mass is 16.5. The molecule has 0 atom stereocenters. The van der Waals surface area contributed by atoms with Gasteiger partial charge in [0.05, 0.1) is 12.2 Å². The highest BCUT2D eigenvalue weighted by Crippen LogP contribution is 2.18. The Kier molecular flexibility index (Phi) is 5.43. The molecule has 3 nitrogen and oxygen atoms in total. The molecule has 1 aromatic heterocycles. The minimum Gasteiger partial charge on any atom is -0.374 e. The van der Waals surface area contributed by atoms with E-state index in [1.165, 1.54) is 22.9 Å². The fraction of sp³-hybridized carbons (Fsp3) is 0.556. The predicted octanol–water partition coefficient (Wildman–Crippen LogP) is 3.96. The van der Waals surface area contributed by atoms with Gasteiger partial charge in [-0.2, -0.15) is 0 Å². The van der Waals surface area contributed by atoms with Gasteiger partial charge in [0.15, 0.2) is 0 Å². The average molecular weight is 288 g/mol. The second-order valence-corrected chi connectivity index (χ2v) is 6.54. The normalized spacial score (nSPS) is 12.2. The molecule has 1 heterocycles. The summed E-state index contributed by atoms with van der Waals surface area (Å²) in [6.45, 7) is 12.1. The molecule has 1 N–H and O–H groups in total. The Bertz CT molecular complexity index is 566. The van der Waals surface area contributed by atoms with Crippen LogP contribution in [0.15, 0.2) is 30.5 Å². The van der Waals surface area contributed by atoms with Gasteiger partial charge in [-0.05, 0) is 56.8 Å². The highest BCUT2D eigenvalue weighted by Gasteiger charge is 2.10. The molecule has 0 bridgehead atoms. The van der Waals surface area contributed by atoms with Gasteiger partial charge in [0.25, 0.3) is 0 Å². The minimum atomic E-state index is -0.0712. The summed E-state index contributed by atoms with van der Waals surface area (Å²) in [4.78, 5) is 0. The lowest BCUT2D eigenvalue weighted by molar-refractivity contribution is -0.00644. The van der Waals surface area contributed by atoms with Crippen LogP contribution in [0.1, 0.15) is 39.7 Å². The summed E-state index contributed by atoms with van der Waals surface area (Å²) in [5, 5.41) is 4.75. The van der Waals surface area contributed by atoms with Gasteiger partial charge in [-0.15, -0.1) is 0 Å². The van der Waals surface area contributed by atoms with E-state index in [2.05, 4.69) is 68.0 Å². The third-order valence-electron chi connectivity index (χ3n) is 3.46. The van der Waals surface area contributed by atoms with Gasteiger partial charge in [-0.25, -0.2) is 0 Å². The summed E-state index contributed by atoms with van der Waals surface area (Å²) < 4.78 is 8.11. The first kappa shape index (κ1) is 16.1. The number of hydrogen-bond acceptors (Lipinski definition) is 2. The zero-order valence-corrected chi connectivity index (χ0v) is 13.8. The molecule has 0 saturated heterocycles. The molecule has 0 unspecified atom stereocenters. The van der Waals surface area contributed by atoms with E-state index in [4.69, 9.17) is 4.74 Å². The number of nitrogens with one attached hydrogen (secondary N) is 1. The van der Waals surface area contributed by atoms with Crippen LogP contribution in [0.2, 0.25) is 0 Å². The predicted molar refractivity (Wildman–Crippen MR) is 89.6 cm³/mol. The van der Waals surface area contributed by atoms with Crippen LogP contribution >= 0.6 is 0 Å². The maximum Gasteiger partial charge on any atom is 0.0652 e. The van der Waals surface area contributed by atoms with Gasteiger partial charge in [0, 0.05) is 24.8 Å². The zero-order valence-electron chi connectivity index (χ0n) is 13.8. The molecule has 116 valence electrons. The lowest BCUT2D eigenvalue weighted by Gasteiger charge is -2.19. The van der Waals surface area contributed by atoms with E-state index in [-0.39, 0.29) is 5.60 Å². The zero-order chi connectivity index (χ0) is 15.3. The molecule has 0 saturated carbocycles. The quantitative estimate of drug-likeness (QED) is 0.781. The molecule has 0 aliphatic heterocycles. The number of nitrogens with zero attached hydrogens (tertiary/aromatic N) is 1. The van der Waals surface area contributed by atoms with E-state index in [0.717, 1.165) is 26.2 Å². The van der Waals surface area contributed by atoms with Crippen molar-refractivity contribution in [3.63, 3.8) is 0 Å². The molecular weight excluding hydrogens is 260 g/mol. The molecule has 0 radical (unpaired) electrons. The van der Waals surface area contributed by atoms with Crippen molar-refractivity contribution in [2.45, 2.75) is 52.8 Å². The molecule has 0 aliphatic carbocycles. The van der Waals surface area contributed by atoms with Gasteiger partial charge < -0.3 is 14.6 Å². The Balaban J connectivity index is 2.04. The number of benzene rings is 1. The smallest absolute Gasteiger partial charge is 0.0652 e. The summed E-state index contributed by atoms with van der Waals surface area (Å²) in [6, 6.07) is 8.88. The Labute approximate surface area is 128 Å². The molecule has 3 heteroatoms. The maximum absolute atomic E-state index is 5.83. The van der Waals surface area contributed by atoms with Gasteiger partial charge in [0.1, 0.15) is 0 Å². The van der Waals surface area contributed by atoms with E-state index in [1.54, 1.807) is 0 Å². The first-order valence-electron chi connectivity index (χ1n) is 7.92. The molecule has 2 aromatic rings. The molecule has 0 fully saturated rings. The highest BCUT2D eigenvalue weighted by molar-refractivity contribution is 5.80. The largest absolute Gasteiger partial charge is 0.374 e. The van der Waals surface area contributed by atoms with Crippen LogP contribution < -0.4 is 5.32 Å². The number of fused-ring (bicyclic) bond motifs is 1. The van der Waals surface area contributed by atoms with Crippen molar-refractivity contribution in [2.24, 2.45) is 0 Å². The van der Waals surface area contributed by atoms with E-state index in [1.807, 2.05) is 0 Å². The van der Waals surface area contributed by atoms with Crippen molar-refractivity contribution >= 4 is 10.9 Å². The fourth-order valence-electron chi connectivity index (χ4n) is 2.39. The van der Waals surface area contributed by atoms with Crippen molar-refractivity contribution in [1.29, 1.82) is 0 Å². The van der Waals surface area contributed by atoms with E-state index in [0.29, 0.717) is 0 Å². The summed E-state index contributed by atoms with van der Waals surface area (Å²) in [5.41, 5.74) is 2.56. The van der Waals surface area contributed by atoms with Crippen LogP contribution in [0.5, 0.6) is 0 Å². The topological polar surface area (TPSA) is 26.2 Å². The first-order valence-corrected chi connectivity index (χ1v) is 7.92. The van der Waals surface area contributed by atoms with E-state index >= 15 is 0 Å². The second-order valence-electron chi connectivity index (χ2n) is 6.54. The number of hydrogen-bond donors (Lipinski definition) is 1. The molecule has 0 spiro atoms. The summed E-state index contributed by atoms with van der Waals surface area (Å²) in [6.07, 6.45) is 3.32. The first-order chi connectivity index (χ1) is 9.99. The molecule has 1 aromatic carbocycles. The Hall–Kier alpha value is -1.32. The summed E-state index contributed by atoms with van der Waals surface area (Å²) in [5.74, 6) is 0. The maximum atomic E-state index is 5.83. The molecular formula is C18H28N2O. The molecule has 2 rings (SSSR count). The lowest BCUT2D eigenvalue weighted by Crippen LogP contribution is -2.21. The van der Waals surface area contributed by atoms with Gasteiger partial charge in [-0.1, -0.05) is 19.1 Å². The SMILES string of the molecule is CCCNCc1ccc2ccn(CCOC(C)(C)C)c2c1. The van der Waals surface area contributed by atoms with Crippen molar-refractivity contribution < 1.29 is 4.74 Å².